The molecule has 2 aromatic heterocycles. The molecule has 0 radical (unpaired) electrons. The van der Waals surface area contributed by atoms with E-state index in [1.165, 1.54) is 0 Å². The van der Waals surface area contributed by atoms with Crippen molar-refractivity contribution in [2.24, 2.45) is 0 Å². The predicted molar refractivity (Wildman–Crippen MR) is 151 cm³/mol. The monoisotopic (exact) mass is 520 g/mol. The normalized spacial score (nSPS) is 15.1. The Morgan fingerprint density at radius 2 is 1.89 bits per heavy atom. The zero-order chi connectivity index (χ0) is 25.6. The zero-order valence-corrected chi connectivity index (χ0v) is 22.0. The lowest BCUT2D eigenvalue weighted by Crippen LogP contribution is -2.43. The molecule has 5 rings (SSSR count). The van der Waals surface area contributed by atoms with E-state index in [1.54, 1.807) is 25.1 Å². The minimum Gasteiger partial charge on any atom is -0.349 e. The van der Waals surface area contributed by atoms with Gasteiger partial charge < -0.3 is 15.2 Å². The SMILES string of the molecule is C.CCS(=O)(=O)c1cccc(-c2cc(C(=O)NC3CCN(C)CC3)c(C)c3[nH]c4ncc(C)cc4c23)c1. The number of piperidine rings is 1. The average Bonchev–Trinajstić information content (AvgIpc) is 3.25. The fourth-order valence-corrected chi connectivity index (χ4v) is 6.02. The van der Waals surface area contributed by atoms with Crippen molar-refractivity contribution in [1.29, 1.82) is 0 Å². The van der Waals surface area contributed by atoms with Gasteiger partial charge in [0.25, 0.3) is 5.91 Å². The van der Waals surface area contributed by atoms with E-state index in [1.807, 2.05) is 32.2 Å². The molecule has 196 valence electrons. The van der Waals surface area contributed by atoms with E-state index in [4.69, 9.17) is 0 Å². The number of aromatic amines is 1. The van der Waals surface area contributed by atoms with Gasteiger partial charge in [0.05, 0.1) is 16.2 Å². The molecular weight excluding hydrogens is 484 g/mol. The molecule has 8 heteroatoms. The van der Waals surface area contributed by atoms with Gasteiger partial charge in [0.15, 0.2) is 9.84 Å². The molecule has 1 amide bonds. The largest absolute Gasteiger partial charge is 0.349 e. The van der Waals surface area contributed by atoms with Gasteiger partial charge in [-0.1, -0.05) is 26.5 Å². The number of carbonyl (C=O) groups excluding carboxylic acids is 1. The molecule has 0 spiro atoms. The quantitative estimate of drug-likeness (QED) is 0.375. The van der Waals surface area contributed by atoms with Gasteiger partial charge in [0.2, 0.25) is 0 Å². The molecule has 0 unspecified atom stereocenters. The number of aromatic nitrogens is 2. The number of hydrogen-bond acceptors (Lipinski definition) is 5. The number of rotatable bonds is 5. The van der Waals surface area contributed by atoms with Crippen LogP contribution in [0.5, 0.6) is 0 Å². The smallest absolute Gasteiger partial charge is 0.251 e. The maximum absolute atomic E-state index is 13.5. The number of pyridine rings is 1. The highest BCUT2D eigenvalue weighted by molar-refractivity contribution is 7.91. The lowest BCUT2D eigenvalue weighted by atomic mass is 9.93. The number of hydrogen-bond donors (Lipinski definition) is 2. The van der Waals surface area contributed by atoms with E-state index >= 15 is 0 Å². The maximum Gasteiger partial charge on any atom is 0.251 e. The minimum atomic E-state index is -3.38. The Bertz CT molecular complexity index is 1580. The van der Waals surface area contributed by atoms with Crippen molar-refractivity contribution in [2.45, 2.75) is 52.0 Å². The summed E-state index contributed by atoms with van der Waals surface area (Å²) in [4.78, 5) is 24.1. The first kappa shape index (κ1) is 26.8. The van der Waals surface area contributed by atoms with Gasteiger partial charge in [-0.05, 0) is 93.3 Å². The van der Waals surface area contributed by atoms with Crippen LogP contribution in [0.4, 0.5) is 0 Å². The molecule has 1 aliphatic rings. The van der Waals surface area contributed by atoms with Crippen LogP contribution >= 0.6 is 0 Å². The van der Waals surface area contributed by atoms with Gasteiger partial charge in [-0.2, -0.15) is 0 Å². The first-order chi connectivity index (χ1) is 17.2. The van der Waals surface area contributed by atoms with Crippen molar-refractivity contribution < 1.29 is 13.2 Å². The molecule has 1 saturated heterocycles. The highest BCUT2D eigenvalue weighted by Gasteiger charge is 2.24. The first-order valence-electron chi connectivity index (χ1n) is 12.4. The highest BCUT2D eigenvalue weighted by atomic mass is 32.2. The third-order valence-corrected chi connectivity index (χ3v) is 9.04. The van der Waals surface area contributed by atoms with Crippen LogP contribution in [0.2, 0.25) is 0 Å². The van der Waals surface area contributed by atoms with Gasteiger partial charge in [0, 0.05) is 28.6 Å². The number of nitrogens with one attached hydrogen (secondary N) is 2. The molecular formula is C29H36N4O3S. The molecule has 2 aromatic carbocycles. The van der Waals surface area contributed by atoms with Crippen LogP contribution in [0.15, 0.2) is 47.5 Å². The molecule has 1 aliphatic heterocycles. The van der Waals surface area contributed by atoms with E-state index < -0.39 is 9.84 Å². The van der Waals surface area contributed by atoms with E-state index in [0.717, 1.165) is 70.1 Å². The number of likely N-dealkylation sites (tertiary alicyclic amines) is 1. The molecule has 4 aromatic rings. The van der Waals surface area contributed by atoms with Gasteiger partial charge >= 0.3 is 0 Å². The van der Waals surface area contributed by atoms with Crippen LogP contribution in [0.3, 0.4) is 0 Å². The third kappa shape index (κ3) is 5.00. The van der Waals surface area contributed by atoms with Crippen molar-refractivity contribution in [2.75, 3.05) is 25.9 Å². The molecule has 3 heterocycles. The Balaban J connectivity index is 0.00000320. The van der Waals surface area contributed by atoms with Crippen LogP contribution in [0.25, 0.3) is 33.1 Å². The molecule has 0 saturated carbocycles. The van der Waals surface area contributed by atoms with Crippen molar-refractivity contribution in [3.8, 4) is 11.1 Å². The number of H-pyrrole nitrogens is 1. The zero-order valence-electron chi connectivity index (χ0n) is 21.2. The minimum absolute atomic E-state index is 0. The molecule has 7 nitrogen and oxygen atoms in total. The van der Waals surface area contributed by atoms with Crippen LogP contribution in [0.1, 0.15) is 48.7 Å². The van der Waals surface area contributed by atoms with E-state index in [9.17, 15) is 13.2 Å². The van der Waals surface area contributed by atoms with Crippen molar-refractivity contribution >= 4 is 37.7 Å². The molecule has 1 fully saturated rings. The molecule has 0 aliphatic carbocycles. The third-order valence-electron chi connectivity index (χ3n) is 7.31. The summed E-state index contributed by atoms with van der Waals surface area (Å²) in [7, 11) is -1.28. The molecule has 0 bridgehead atoms. The number of amides is 1. The van der Waals surface area contributed by atoms with Gasteiger partial charge in [-0.15, -0.1) is 0 Å². The van der Waals surface area contributed by atoms with Gasteiger partial charge in [-0.25, -0.2) is 13.4 Å². The Morgan fingerprint density at radius 3 is 2.59 bits per heavy atom. The lowest BCUT2D eigenvalue weighted by Gasteiger charge is -2.29. The summed E-state index contributed by atoms with van der Waals surface area (Å²) in [5, 5.41) is 5.13. The standard InChI is InChI=1S/C28H32N4O3S.CH4/c1-5-36(34,35)21-8-6-7-19(14-21)23-15-22(28(33)30-20-9-11-32(4)12-10-20)18(3)26-25(23)24-13-17(2)16-29-27(24)31-26;/h6-8,13-16,20H,5,9-12H2,1-4H3,(H,29,31)(H,30,33);1H4. The number of sulfone groups is 1. The highest BCUT2D eigenvalue weighted by Crippen LogP contribution is 2.38. The average molecular weight is 521 g/mol. The fraction of sp³-hybridized carbons (Fsp3) is 0.379. The van der Waals surface area contributed by atoms with Crippen molar-refractivity contribution in [1.82, 2.24) is 20.2 Å². The summed E-state index contributed by atoms with van der Waals surface area (Å²) in [6.07, 6.45) is 3.65. The second kappa shape index (κ2) is 10.3. The van der Waals surface area contributed by atoms with E-state index in [2.05, 4.69) is 33.3 Å². The van der Waals surface area contributed by atoms with Crippen molar-refractivity contribution in [3.05, 3.63) is 59.3 Å². The predicted octanol–water partition coefficient (Wildman–Crippen LogP) is 5.25. The number of benzene rings is 2. The van der Waals surface area contributed by atoms with Gasteiger partial charge in [-0.3, -0.25) is 4.79 Å². The summed E-state index contributed by atoms with van der Waals surface area (Å²) < 4.78 is 25.3. The molecule has 2 N–H and O–H groups in total. The molecule has 0 atom stereocenters. The summed E-state index contributed by atoms with van der Waals surface area (Å²) >= 11 is 0. The number of aryl methyl sites for hydroxylation is 2. The van der Waals surface area contributed by atoms with Crippen LogP contribution in [0, 0.1) is 13.8 Å². The maximum atomic E-state index is 13.5. The van der Waals surface area contributed by atoms with E-state index in [-0.39, 0.29) is 30.0 Å². The fourth-order valence-electron chi connectivity index (χ4n) is 5.10. The summed E-state index contributed by atoms with van der Waals surface area (Å²) in [6, 6.07) is 11.1. The number of nitrogens with zero attached hydrogens (tertiary/aromatic N) is 2. The number of carbonyl (C=O) groups is 1. The Labute approximate surface area is 219 Å². The second-order valence-electron chi connectivity index (χ2n) is 9.86. The van der Waals surface area contributed by atoms with Crippen LogP contribution < -0.4 is 5.32 Å². The first-order valence-corrected chi connectivity index (χ1v) is 14.1. The van der Waals surface area contributed by atoms with Gasteiger partial charge in [0.1, 0.15) is 5.65 Å². The summed E-state index contributed by atoms with van der Waals surface area (Å²) in [6.45, 7) is 7.51. The topological polar surface area (TPSA) is 95.2 Å². The molecule has 37 heavy (non-hydrogen) atoms. The number of fused-ring (bicyclic) bond motifs is 3. The van der Waals surface area contributed by atoms with E-state index in [0.29, 0.717) is 5.56 Å². The summed E-state index contributed by atoms with van der Waals surface area (Å²) in [5.74, 6) is -0.0782. The Morgan fingerprint density at radius 1 is 1.16 bits per heavy atom. The summed E-state index contributed by atoms with van der Waals surface area (Å²) in [5.41, 5.74) is 5.62. The Hall–Kier alpha value is -3.23. The van der Waals surface area contributed by atoms with Crippen LogP contribution in [-0.2, 0) is 9.84 Å². The Kier molecular flexibility index (Phi) is 7.44. The van der Waals surface area contributed by atoms with Crippen molar-refractivity contribution in [3.63, 3.8) is 0 Å². The van der Waals surface area contributed by atoms with Crippen LogP contribution in [-0.4, -0.2) is 61.1 Å². The second-order valence-corrected chi connectivity index (χ2v) is 12.1. The lowest BCUT2D eigenvalue weighted by molar-refractivity contribution is 0.0916.